The summed E-state index contributed by atoms with van der Waals surface area (Å²) in [4.78, 5) is 20.0. The molecule has 2 unspecified atom stereocenters. The number of hydrogen-bond acceptors (Lipinski definition) is 4. The highest BCUT2D eigenvalue weighted by Gasteiger charge is 2.30. The van der Waals surface area contributed by atoms with E-state index in [2.05, 4.69) is 0 Å². The molecule has 0 spiro atoms. The summed E-state index contributed by atoms with van der Waals surface area (Å²) in [7, 11) is -6.79. The lowest BCUT2D eigenvalue weighted by Gasteiger charge is -2.32. The van der Waals surface area contributed by atoms with Crippen LogP contribution in [0.4, 0.5) is 0 Å². The van der Waals surface area contributed by atoms with Crippen LogP contribution in [0.25, 0.3) is 0 Å². The molecule has 0 fully saturated rings. The molecule has 4 aromatic rings. The lowest BCUT2D eigenvalue weighted by molar-refractivity contribution is -0.0239. The predicted octanol–water partition coefficient (Wildman–Crippen LogP) is 6.01. The summed E-state index contributed by atoms with van der Waals surface area (Å²) in [5, 5.41) is 21.4. The fourth-order valence-corrected chi connectivity index (χ4v) is 6.64. The van der Waals surface area contributed by atoms with Gasteiger partial charge in [0, 0.05) is 27.6 Å². The third-order valence-corrected chi connectivity index (χ3v) is 10.9. The first-order valence-electron chi connectivity index (χ1n) is 14.2. The normalized spacial score (nSPS) is 13.4. The van der Waals surface area contributed by atoms with Crippen molar-refractivity contribution in [2.75, 3.05) is 0 Å². The summed E-state index contributed by atoms with van der Waals surface area (Å²) in [6, 6.07) is 34.8. The summed E-state index contributed by atoms with van der Waals surface area (Å²) in [5.41, 5.74) is -0.293. The standard InChI is InChI=1S/2C12H11O2P.C11H24O2/c2*13-15(14,11-7-3-1-4-8-11)12-9-5-2-6-10-12;1-10(2,3)8(12)7-9(13)11(4,5)6/h2*1-10H,(H,13,14);8-9,12-13H,7H2,1-6H3. The van der Waals surface area contributed by atoms with Gasteiger partial charge in [-0.2, -0.15) is 0 Å². The minimum atomic E-state index is -3.40. The lowest BCUT2D eigenvalue weighted by Crippen LogP contribution is -2.35. The van der Waals surface area contributed by atoms with Crippen LogP contribution in [0.5, 0.6) is 0 Å². The van der Waals surface area contributed by atoms with Crippen LogP contribution in [0.1, 0.15) is 48.0 Å². The molecule has 0 aromatic heterocycles. The van der Waals surface area contributed by atoms with Crippen LogP contribution < -0.4 is 21.2 Å². The maximum Gasteiger partial charge on any atom is 0.258 e. The smallest absolute Gasteiger partial charge is 0.258 e. The molecule has 0 saturated heterocycles. The molecule has 2 atom stereocenters. The van der Waals surface area contributed by atoms with Crippen molar-refractivity contribution in [1.82, 2.24) is 0 Å². The molecule has 0 bridgehead atoms. The van der Waals surface area contributed by atoms with Crippen molar-refractivity contribution in [2.45, 2.75) is 60.2 Å². The van der Waals surface area contributed by atoms with E-state index >= 15 is 0 Å². The molecule has 43 heavy (non-hydrogen) atoms. The number of aliphatic hydroxyl groups excluding tert-OH is 2. The van der Waals surface area contributed by atoms with Gasteiger partial charge in [0.15, 0.2) is 0 Å². The molecule has 0 radical (unpaired) electrons. The van der Waals surface area contributed by atoms with E-state index in [1.165, 1.54) is 0 Å². The average Bonchev–Trinajstić information content (AvgIpc) is 2.98. The van der Waals surface area contributed by atoms with Crippen LogP contribution in [0.3, 0.4) is 0 Å². The number of hydrogen-bond donors (Lipinski definition) is 4. The van der Waals surface area contributed by atoms with E-state index in [0.717, 1.165) is 0 Å². The molecule has 0 heterocycles. The Morgan fingerprint density at radius 1 is 0.465 bits per heavy atom. The van der Waals surface area contributed by atoms with Crippen molar-refractivity contribution < 1.29 is 29.1 Å². The molecule has 4 aromatic carbocycles. The molecule has 0 amide bonds. The minimum absolute atomic E-state index is 0.147. The van der Waals surface area contributed by atoms with E-state index in [1.807, 2.05) is 65.8 Å². The fourth-order valence-electron chi connectivity index (χ4n) is 3.74. The number of rotatable bonds is 6. The highest BCUT2D eigenvalue weighted by Crippen LogP contribution is 2.38. The van der Waals surface area contributed by atoms with Crippen LogP contribution in [-0.2, 0) is 9.13 Å². The first-order chi connectivity index (χ1) is 20.0. The minimum Gasteiger partial charge on any atom is -0.392 e. The lowest BCUT2D eigenvalue weighted by atomic mass is 9.79. The summed E-state index contributed by atoms with van der Waals surface area (Å²) in [6.45, 7) is 11.9. The van der Waals surface area contributed by atoms with Crippen molar-refractivity contribution in [2.24, 2.45) is 10.8 Å². The third-order valence-electron chi connectivity index (χ3n) is 6.87. The maximum atomic E-state index is 12.2. The van der Waals surface area contributed by atoms with E-state index in [-0.39, 0.29) is 10.8 Å². The second-order valence-electron chi connectivity index (χ2n) is 12.5. The summed E-state index contributed by atoms with van der Waals surface area (Å²) < 4.78 is 24.3. The zero-order chi connectivity index (χ0) is 32.3. The van der Waals surface area contributed by atoms with Gasteiger partial charge in [0.25, 0.3) is 14.7 Å². The maximum absolute atomic E-state index is 12.2. The Hall–Kier alpha value is -2.82. The van der Waals surface area contributed by atoms with E-state index in [9.17, 15) is 29.1 Å². The Balaban J connectivity index is 0.000000226. The topological polar surface area (TPSA) is 115 Å². The van der Waals surface area contributed by atoms with E-state index in [4.69, 9.17) is 0 Å². The van der Waals surface area contributed by atoms with E-state index in [1.54, 1.807) is 97.1 Å². The van der Waals surface area contributed by atoms with Gasteiger partial charge in [-0.1, -0.05) is 114 Å². The third kappa shape index (κ3) is 11.3. The van der Waals surface area contributed by atoms with Gasteiger partial charge in [0.2, 0.25) is 0 Å². The van der Waals surface area contributed by atoms with Crippen LogP contribution in [0.2, 0.25) is 0 Å². The molecule has 6 nitrogen and oxygen atoms in total. The summed E-state index contributed by atoms with van der Waals surface area (Å²) in [5.74, 6) is 0. The van der Waals surface area contributed by atoms with Gasteiger partial charge in [-0.25, -0.2) is 0 Å². The second-order valence-corrected chi connectivity index (χ2v) is 16.9. The molecular weight excluding hydrogens is 578 g/mol. The van der Waals surface area contributed by atoms with Crippen molar-refractivity contribution in [3.8, 4) is 0 Å². The van der Waals surface area contributed by atoms with Gasteiger partial charge < -0.3 is 20.0 Å². The zero-order valence-corrected chi connectivity index (χ0v) is 27.7. The zero-order valence-electron chi connectivity index (χ0n) is 25.9. The van der Waals surface area contributed by atoms with Crippen molar-refractivity contribution in [3.63, 3.8) is 0 Å². The average molecular weight is 625 g/mol. The highest BCUT2D eigenvalue weighted by atomic mass is 31.2. The largest absolute Gasteiger partial charge is 0.392 e. The second kappa shape index (κ2) is 15.8. The summed E-state index contributed by atoms with van der Waals surface area (Å²) in [6.07, 6.45) is -0.434. The quantitative estimate of drug-likeness (QED) is 0.196. The van der Waals surface area contributed by atoms with Crippen LogP contribution in [-0.4, -0.2) is 32.2 Å². The van der Waals surface area contributed by atoms with E-state index in [0.29, 0.717) is 27.6 Å². The Morgan fingerprint density at radius 3 is 0.814 bits per heavy atom. The van der Waals surface area contributed by atoms with Crippen molar-refractivity contribution >= 4 is 36.0 Å². The number of benzene rings is 4. The highest BCUT2D eigenvalue weighted by molar-refractivity contribution is 7.73. The van der Waals surface area contributed by atoms with Crippen LogP contribution >= 0.6 is 14.7 Å². The van der Waals surface area contributed by atoms with Crippen molar-refractivity contribution in [1.29, 1.82) is 0 Å². The Morgan fingerprint density at radius 2 is 0.651 bits per heavy atom. The molecule has 0 aliphatic rings. The monoisotopic (exact) mass is 624 g/mol. The van der Waals surface area contributed by atoms with Gasteiger partial charge in [-0.05, 0) is 59.4 Å². The Bertz CT molecular complexity index is 1250. The first kappa shape index (κ1) is 36.4. The van der Waals surface area contributed by atoms with Gasteiger partial charge in [-0.15, -0.1) is 0 Å². The number of aliphatic hydroxyl groups is 2. The van der Waals surface area contributed by atoms with E-state index < -0.39 is 26.9 Å². The first-order valence-corrected chi connectivity index (χ1v) is 17.5. The molecule has 232 valence electrons. The SMILES string of the molecule is CC(C)(C)C(O)CC(O)C(C)(C)C.O=P(O)(c1ccccc1)c1ccccc1.O=P(O)(c1ccccc1)c1ccccc1. The van der Waals surface area contributed by atoms with Crippen LogP contribution in [0.15, 0.2) is 121 Å². The predicted molar refractivity (Wildman–Crippen MR) is 179 cm³/mol. The molecule has 0 aliphatic carbocycles. The van der Waals surface area contributed by atoms with Gasteiger partial charge >= 0.3 is 0 Å². The van der Waals surface area contributed by atoms with Gasteiger partial charge in [-0.3, -0.25) is 9.13 Å². The van der Waals surface area contributed by atoms with Gasteiger partial charge in [0.05, 0.1) is 12.2 Å². The Kier molecular flexibility index (Phi) is 13.3. The molecule has 4 N–H and O–H groups in total. The molecule has 0 saturated carbocycles. The van der Waals surface area contributed by atoms with Gasteiger partial charge in [0.1, 0.15) is 0 Å². The Labute approximate surface area is 257 Å². The molecule has 4 rings (SSSR count). The fraction of sp³-hybridized carbons (Fsp3) is 0.314. The molecule has 8 heteroatoms. The molecule has 0 aliphatic heterocycles. The van der Waals surface area contributed by atoms with Crippen LogP contribution in [0, 0.1) is 10.8 Å². The summed E-state index contributed by atoms with van der Waals surface area (Å²) >= 11 is 0. The molecular formula is C35H46O6P2. The van der Waals surface area contributed by atoms with Crippen molar-refractivity contribution in [3.05, 3.63) is 121 Å².